The van der Waals surface area contributed by atoms with Crippen molar-refractivity contribution in [3.8, 4) is 5.75 Å². The maximum Gasteiger partial charge on any atom is 0.222 e. The number of hydrogen-bond acceptors (Lipinski definition) is 4. The summed E-state index contributed by atoms with van der Waals surface area (Å²) in [6.45, 7) is 4.09. The molecule has 4 heteroatoms. The zero-order chi connectivity index (χ0) is 13.9. The van der Waals surface area contributed by atoms with E-state index in [-0.39, 0.29) is 6.10 Å². The molecule has 1 aliphatic carbocycles. The average molecular weight is 268 g/mol. The van der Waals surface area contributed by atoms with E-state index in [0.29, 0.717) is 12.0 Å². The highest BCUT2D eigenvalue weighted by molar-refractivity contribution is 5.42. The lowest BCUT2D eigenvalue weighted by molar-refractivity contribution is 0.242. The van der Waals surface area contributed by atoms with Crippen LogP contribution in [0.15, 0.2) is 30.6 Å². The first-order valence-electron chi connectivity index (χ1n) is 6.94. The molecule has 1 unspecified atom stereocenters. The van der Waals surface area contributed by atoms with E-state index in [1.54, 1.807) is 12.4 Å². The highest BCUT2D eigenvalue weighted by Gasteiger charge is 2.22. The van der Waals surface area contributed by atoms with E-state index in [2.05, 4.69) is 39.6 Å². The summed E-state index contributed by atoms with van der Waals surface area (Å²) in [5, 5.41) is 3.36. The molecule has 2 aromatic rings. The average Bonchev–Trinajstić information content (AvgIpc) is 2.80. The van der Waals surface area contributed by atoms with Crippen molar-refractivity contribution in [2.24, 2.45) is 0 Å². The fraction of sp³-hybridized carbons (Fsp3) is 0.375. The number of ether oxygens (including phenoxy) is 1. The van der Waals surface area contributed by atoms with Crippen LogP contribution >= 0.6 is 0 Å². The van der Waals surface area contributed by atoms with Gasteiger partial charge in [-0.05, 0) is 49.9 Å². The van der Waals surface area contributed by atoms with Crippen molar-refractivity contribution in [3.63, 3.8) is 0 Å². The molecule has 1 atom stereocenters. The van der Waals surface area contributed by atoms with Gasteiger partial charge in [-0.3, -0.25) is 0 Å². The van der Waals surface area contributed by atoms with E-state index >= 15 is 0 Å². The normalized spacial score (nSPS) is 17.1. The molecule has 0 aliphatic heterocycles. The Hall–Kier alpha value is -2.10. The number of rotatable bonds is 4. The van der Waals surface area contributed by atoms with Crippen molar-refractivity contribution in [1.82, 2.24) is 9.97 Å². The van der Waals surface area contributed by atoms with Gasteiger partial charge in [0.05, 0.1) is 6.10 Å². The van der Waals surface area contributed by atoms with Gasteiger partial charge in [-0.25, -0.2) is 9.97 Å². The van der Waals surface area contributed by atoms with E-state index in [1.807, 2.05) is 13.8 Å². The molecule has 1 radical (unpaired) electrons. The van der Waals surface area contributed by atoms with Gasteiger partial charge in [-0.2, -0.15) is 0 Å². The van der Waals surface area contributed by atoms with Crippen molar-refractivity contribution in [2.75, 3.05) is 5.32 Å². The van der Waals surface area contributed by atoms with Gasteiger partial charge >= 0.3 is 0 Å². The number of nitrogens with zero attached hydrogens (tertiary/aromatic N) is 2. The number of benzene rings is 1. The molecule has 1 aromatic heterocycles. The van der Waals surface area contributed by atoms with Gasteiger partial charge in [0.2, 0.25) is 5.95 Å². The van der Waals surface area contributed by atoms with Gasteiger partial charge in [0.1, 0.15) is 5.75 Å². The molecular weight excluding hydrogens is 250 g/mol. The molecular formula is C16H18N3O. The largest absolute Gasteiger partial charge is 0.491 e. The molecule has 0 saturated carbocycles. The molecule has 0 saturated heterocycles. The summed E-state index contributed by atoms with van der Waals surface area (Å²) in [7, 11) is 0. The number of anilines is 1. The Labute approximate surface area is 119 Å². The van der Waals surface area contributed by atoms with E-state index in [0.717, 1.165) is 18.6 Å². The Morgan fingerprint density at radius 2 is 1.95 bits per heavy atom. The molecule has 3 rings (SSSR count). The summed E-state index contributed by atoms with van der Waals surface area (Å²) in [5.74, 6) is 1.62. The minimum atomic E-state index is 0.206. The van der Waals surface area contributed by atoms with Gasteiger partial charge in [-0.1, -0.05) is 6.07 Å². The Morgan fingerprint density at radius 3 is 2.70 bits per heavy atom. The van der Waals surface area contributed by atoms with Gasteiger partial charge in [-0.15, -0.1) is 0 Å². The second kappa shape index (κ2) is 5.49. The van der Waals surface area contributed by atoms with Crippen LogP contribution in [0.3, 0.4) is 0 Å². The SMILES string of the molecule is CC(C)Oc1ccc2c(c1)CC(Nc1nc[c]cn1)C2. The Balaban J connectivity index is 1.69. The van der Waals surface area contributed by atoms with Crippen LogP contribution in [0.4, 0.5) is 5.95 Å². The molecule has 103 valence electrons. The Kier molecular flexibility index (Phi) is 3.54. The minimum Gasteiger partial charge on any atom is -0.491 e. The molecule has 20 heavy (non-hydrogen) atoms. The summed E-state index contributed by atoms with van der Waals surface area (Å²) in [6, 6.07) is 9.53. The van der Waals surface area contributed by atoms with Crippen LogP contribution in [0.25, 0.3) is 0 Å². The van der Waals surface area contributed by atoms with Gasteiger partial charge < -0.3 is 10.1 Å². The minimum absolute atomic E-state index is 0.206. The third-order valence-corrected chi connectivity index (χ3v) is 3.34. The lowest BCUT2D eigenvalue weighted by Crippen LogP contribution is -2.20. The van der Waals surface area contributed by atoms with Crippen molar-refractivity contribution in [2.45, 2.75) is 38.8 Å². The molecule has 1 aliphatic rings. The number of aromatic nitrogens is 2. The smallest absolute Gasteiger partial charge is 0.222 e. The molecule has 0 amide bonds. The topological polar surface area (TPSA) is 47.0 Å². The van der Waals surface area contributed by atoms with Crippen LogP contribution < -0.4 is 10.1 Å². The second-order valence-corrected chi connectivity index (χ2v) is 5.35. The van der Waals surface area contributed by atoms with Crippen LogP contribution in [0.2, 0.25) is 0 Å². The zero-order valence-corrected chi connectivity index (χ0v) is 11.8. The van der Waals surface area contributed by atoms with E-state index in [9.17, 15) is 0 Å². The zero-order valence-electron chi connectivity index (χ0n) is 11.8. The summed E-state index contributed by atoms with van der Waals surface area (Å²) >= 11 is 0. The van der Waals surface area contributed by atoms with Crippen LogP contribution in [-0.4, -0.2) is 22.1 Å². The molecule has 0 fully saturated rings. The predicted octanol–water partition coefficient (Wildman–Crippen LogP) is 2.64. The Bertz CT molecular complexity index is 584. The lowest BCUT2D eigenvalue weighted by Gasteiger charge is -2.11. The van der Waals surface area contributed by atoms with Crippen molar-refractivity contribution >= 4 is 5.95 Å². The molecule has 1 aromatic carbocycles. The van der Waals surface area contributed by atoms with Crippen molar-refractivity contribution in [1.29, 1.82) is 0 Å². The summed E-state index contributed by atoms with van der Waals surface area (Å²) in [6.07, 6.45) is 5.45. The molecule has 4 nitrogen and oxygen atoms in total. The van der Waals surface area contributed by atoms with Gasteiger partial charge in [0.15, 0.2) is 0 Å². The summed E-state index contributed by atoms with van der Waals surface area (Å²) < 4.78 is 5.74. The summed E-state index contributed by atoms with van der Waals surface area (Å²) in [5.41, 5.74) is 2.73. The van der Waals surface area contributed by atoms with Gasteiger partial charge in [0, 0.05) is 24.5 Å². The van der Waals surface area contributed by atoms with Crippen LogP contribution in [0, 0.1) is 6.07 Å². The standard InChI is InChI=1S/C16H18N3O/c1-11(2)20-15-5-4-12-8-14(9-13(12)10-15)19-16-17-6-3-7-18-16/h4-7,10-11,14H,8-9H2,1-2H3,(H,17,18,19). The van der Waals surface area contributed by atoms with E-state index in [4.69, 9.17) is 4.74 Å². The number of fused-ring (bicyclic) bond motifs is 1. The highest BCUT2D eigenvalue weighted by Crippen LogP contribution is 2.28. The first-order valence-corrected chi connectivity index (χ1v) is 6.94. The molecule has 0 spiro atoms. The van der Waals surface area contributed by atoms with Crippen molar-refractivity contribution in [3.05, 3.63) is 47.8 Å². The van der Waals surface area contributed by atoms with Crippen molar-refractivity contribution < 1.29 is 4.74 Å². The fourth-order valence-electron chi connectivity index (χ4n) is 2.56. The second-order valence-electron chi connectivity index (χ2n) is 5.35. The maximum atomic E-state index is 5.74. The molecule has 1 N–H and O–H groups in total. The number of nitrogens with one attached hydrogen (secondary N) is 1. The Morgan fingerprint density at radius 1 is 1.20 bits per heavy atom. The maximum absolute atomic E-state index is 5.74. The quantitative estimate of drug-likeness (QED) is 0.926. The lowest BCUT2D eigenvalue weighted by atomic mass is 10.1. The fourth-order valence-corrected chi connectivity index (χ4v) is 2.56. The van der Waals surface area contributed by atoms with Crippen LogP contribution in [0.1, 0.15) is 25.0 Å². The monoisotopic (exact) mass is 268 g/mol. The first kappa shape index (κ1) is 12.9. The third kappa shape index (κ3) is 2.90. The highest BCUT2D eigenvalue weighted by atomic mass is 16.5. The molecule has 1 heterocycles. The summed E-state index contributed by atoms with van der Waals surface area (Å²) in [4.78, 5) is 8.32. The van der Waals surface area contributed by atoms with Crippen LogP contribution in [0.5, 0.6) is 5.75 Å². The molecule has 0 bridgehead atoms. The number of hydrogen-bond donors (Lipinski definition) is 1. The predicted molar refractivity (Wildman–Crippen MR) is 77.9 cm³/mol. The first-order chi connectivity index (χ1) is 9.70. The van der Waals surface area contributed by atoms with Gasteiger partial charge in [0.25, 0.3) is 0 Å². The van der Waals surface area contributed by atoms with E-state index < -0.39 is 0 Å². The van der Waals surface area contributed by atoms with E-state index in [1.165, 1.54) is 11.1 Å². The third-order valence-electron chi connectivity index (χ3n) is 3.34. The van der Waals surface area contributed by atoms with Crippen LogP contribution in [-0.2, 0) is 12.8 Å².